The van der Waals surface area contributed by atoms with E-state index in [-0.39, 0.29) is 17.4 Å². The topological polar surface area (TPSA) is 60.7 Å². The minimum atomic E-state index is -0.0528. The average molecular weight is 286 g/mol. The van der Waals surface area contributed by atoms with E-state index in [1.807, 2.05) is 12.1 Å². The van der Waals surface area contributed by atoms with Crippen molar-refractivity contribution in [2.45, 2.75) is 17.2 Å². The lowest BCUT2D eigenvalue weighted by atomic mass is 9.86. The highest BCUT2D eigenvalue weighted by Crippen LogP contribution is 2.52. The number of aromatic hydroxyl groups is 3. The Bertz CT molecular complexity index is 711. The zero-order valence-corrected chi connectivity index (χ0v) is 11.5. The number of hydrogen-bond donors (Lipinski definition) is 3. The zero-order chi connectivity index (χ0) is 13.9. The van der Waals surface area contributed by atoms with Gasteiger partial charge in [0.2, 0.25) is 0 Å². The first-order valence-corrected chi connectivity index (χ1v) is 7.62. The quantitative estimate of drug-likeness (QED) is 0.651. The Morgan fingerprint density at radius 2 is 1.75 bits per heavy atom. The number of hydrogen-bond acceptors (Lipinski definition) is 4. The van der Waals surface area contributed by atoms with E-state index in [1.165, 1.54) is 5.56 Å². The molecule has 102 valence electrons. The maximum Gasteiger partial charge on any atom is 0.157 e. The molecule has 1 unspecified atom stereocenters. The van der Waals surface area contributed by atoms with Gasteiger partial charge in [-0.3, -0.25) is 0 Å². The van der Waals surface area contributed by atoms with Crippen LogP contribution in [0, 0.1) is 5.92 Å². The summed E-state index contributed by atoms with van der Waals surface area (Å²) in [6.07, 6.45) is 0.932. The molecular formula is C16H14O3S. The van der Waals surface area contributed by atoms with Gasteiger partial charge in [0.05, 0.1) is 0 Å². The Hall–Kier alpha value is -1.81. The van der Waals surface area contributed by atoms with Crippen molar-refractivity contribution in [3.63, 3.8) is 0 Å². The van der Waals surface area contributed by atoms with Crippen molar-refractivity contribution in [3.8, 4) is 17.2 Å². The molecule has 2 aromatic rings. The van der Waals surface area contributed by atoms with Crippen molar-refractivity contribution < 1.29 is 15.3 Å². The van der Waals surface area contributed by atoms with Crippen LogP contribution in [0.3, 0.4) is 0 Å². The van der Waals surface area contributed by atoms with Gasteiger partial charge in [-0.1, -0.05) is 6.07 Å². The van der Waals surface area contributed by atoms with Crippen molar-refractivity contribution >= 4 is 11.8 Å². The molecule has 20 heavy (non-hydrogen) atoms. The molecule has 1 aliphatic carbocycles. The van der Waals surface area contributed by atoms with Crippen LogP contribution in [-0.4, -0.2) is 21.1 Å². The smallest absolute Gasteiger partial charge is 0.157 e. The third-order valence-electron chi connectivity index (χ3n) is 4.31. The van der Waals surface area contributed by atoms with Crippen LogP contribution in [-0.2, 0) is 6.42 Å². The highest BCUT2D eigenvalue weighted by atomic mass is 32.2. The SMILES string of the molecule is Oc1ccc2c(c1)SCC1Cc3cc(O)c(O)cc3[C@H]21. The molecule has 3 N–H and O–H groups in total. The second kappa shape index (κ2) is 4.09. The van der Waals surface area contributed by atoms with E-state index in [4.69, 9.17) is 0 Å². The fourth-order valence-corrected chi connectivity index (χ4v) is 4.70. The van der Waals surface area contributed by atoms with Gasteiger partial charge in [0.1, 0.15) is 5.75 Å². The number of thioether (sulfide) groups is 1. The van der Waals surface area contributed by atoms with Gasteiger partial charge in [0.15, 0.2) is 11.5 Å². The summed E-state index contributed by atoms with van der Waals surface area (Å²) in [7, 11) is 0. The lowest BCUT2D eigenvalue weighted by molar-refractivity contribution is 0.403. The normalized spacial score (nSPS) is 23.0. The van der Waals surface area contributed by atoms with Gasteiger partial charge < -0.3 is 15.3 Å². The summed E-state index contributed by atoms with van der Waals surface area (Å²) in [4.78, 5) is 1.12. The Balaban J connectivity index is 1.90. The molecule has 2 atom stereocenters. The van der Waals surface area contributed by atoms with Gasteiger partial charge in [0.25, 0.3) is 0 Å². The first-order valence-electron chi connectivity index (χ1n) is 6.64. The predicted molar refractivity (Wildman–Crippen MR) is 77.6 cm³/mol. The van der Waals surface area contributed by atoms with Crippen LogP contribution in [0.25, 0.3) is 0 Å². The molecule has 1 aliphatic heterocycles. The maximum absolute atomic E-state index is 9.77. The van der Waals surface area contributed by atoms with E-state index in [0.29, 0.717) is 11.7 Å². The van der Waals surface area contributed by atoms with Crippen LogP contribution in [0.2, 0.25) is 0 Å². The van der Waals surface area contributed by atoms with Crippen molar-refractivity contribution in [1.29, 1.82) is 0 Å². The van der Waals surface area contributed by atoms with E-state index in [2.05, 4.69) is 0 Å². The van der Waals surface area contributed by atoms with Crippen LogP contribution in [0.4, 0.5) is 0 Å². The molecule has 0 saturated carbocycles. The summed E-state index contributed by atoms with van der Waals surface area (Å²) in [5, 5.41) is 29.0. The van der Waals surface area contributed by atoms with Crippen molar-refractivity contribution in [2.75, 3.05) is 5.75 Å². The third kappa shape index (κ3) is 1.61. The van der Waals surface area contributed by atoms with Gasteiger partial charge in [-0.2, -0.15) is 0 Å². The molecule has 4 rings (SSSR count). The molecule has 0 spiro atoms. The van der Waals surface area contributed by atoms with E-state index in [9.17, 15) is 15.3 Å². The summed E-state index contributed by atoms with van der Waals surface area (Å²) >= 11 is 1.77. The minimum absolute atomic E-state index is 0.0408. The molecule has 0 bridgehead atoms. The Morgan fingerprint density at radius 1 is 0.950 bits per heavy atom. The van der Waals surface area contributed by atoms with Crippen molar-refractivity contribution in [2.24, 2.45) is 5.92 Å². The van der Waals surface area contributed by atoms with Crippen LogP contribution < -0.4 is 0 Å². The summed E-state index contributed by atoms with van der Waals surface area (Å²) in [5.74, 6) is 1.95. The van der Waals surface area contributed by atoms with Gasteiger partial charge in [-0.25, -0.2) is 0 Å². The van der Waals surface area contributed by atoms with E-state index in [0.717, 1.165) is 28.2 Å². The summed E-state index contributed by atoms with van der Waals surface area (Å²) in [6, 6.07) is 8.90. The standard InChI is InChI=1S/C16H14O3S/c17-10-1-2-11-15(5-10)20-7-9-3-8-4-13(18)14(19)6-12(8)16(9)11/h1-2,4-6,9,16-19H,3,7H2/t9?,16-/m0/s1. The Kier molecular flexibility index (Phi) is 2.45. The highest BCUT2D eigenvalue weighted by molar-refractivity contribution is 7.99. The summed E-state index contributed by atoms with van der Waals surface area (Å²) in [6.45, 7) is 0. The first-order chi connectivity index (χ1) is 9.63. The third-order valence-corrected chi connectivity index (χ3v) is 5.57. The highest BCUT2D eigenvalue weighted by Gasteiger charge is 2.38. The molecule has 4 heteroatoms. The van der Waals surface area contributed by atoms with Crippen LogP contribution in [0.5, 0.6) is 17.2 Å². The molecule has 0 radical (unpaired) electrons. The lowest BCUT2D eigenvalue weighted by Crippen LogP contribution is -2.17. The largest absolute Gasteiger partial charge is 0.508 e. The minimum Gasteiger partial charge on any atom is -0.508 e. The van der Waals surface area contributed by atoms with E-state index in [1.54, 1.807) is 30.0 Å². The number of phenolic OH excluding ortho intramolecular Hbond substituents is 3. The summed E-state index contributed by atoms with van der Waals surface area (Å²) < 4.78 is 0. The molecule has 0 aromatic heterocycles. The average Bonchev–Trinajstić information content (AvgIpc) is 2.77. The van der Waals surface area contributed by atoms with Gasteiger partial charge in [-0.15, -0.1) is 11.8 Å². The monoisotopic (exact) mass is 286 g/mol. The van der Waals surface area contributed by atoms with Crippen LogP contribution in [0.15, 0.2) is 35.2 Å². The van der Waals surface area contributed by atoms with Gasteiger partial charge in [-0.05, 0) is 53.3 Å². The zero-order valence-electron chi connectivity index (χ0n) is 10.7. The molecule has 2 aliphatic rings. The molecular weight excluding hydrogens is 272 g/mol. The molecule has 0 fully saturated rings. The Labute approximate surface area is 120 Å². The lowest BCUT2D eigenvalue weighted by Gasteiger charge is -2.28. The number of fused-ring (bicyclic) bond motifs is 5. The second-order valence-electron chi connectivity index (χ2n) is 5.51. The van der Waals surface area contributed by atoms with Gasteiger partial charge >= 0.3 is 0 Å². The molecule has 0 amide bonds. The fraction of sp³-hybridized carbons (Fsp3) is 0.250. The first kappa shape index (κ1) is 12.0. The predicted octanol–water partition coefficient (Wildman–Crippen LogP) is 3.21. The number of rotatable bonds is 0. The molecule has 1 heterocycles. The van der Waals surface area contributed by atoms with E-state index < -0.39 is 0 Å². The van der Waals surface area contributed by atoms with Crippen LogP contribution in [0.1, 0.15) is 22.6 Å². The maximum atomic E-state index is 9.77. The van der Waals surface area contributed by atoms with Gasteiger partial charge in [0, 0.05) is 16.6 Å². The molecule has 2 aromatic carbocycles. The number of benzene rings is 2. The molecule has 0 saturated heterocycles. The van der Waals surface area contributed by atoms with Crippen molar-refractivity contribution in [1.82, 2.24) is 0 Å². The second-order valence-corrected chi connectivity index (χ2v) is 6.58. The fourth-order valence-electron chi connectivity index (χ4n) is 3.44. The van der Waals surface area contributed by atoms with Crippen LogP contribution >= 0.6 is 11.8 Å². The van der Waals surface area contributed by atoms with E-state index >= 15 is 0 Å². The molecule has 3 nitrogen and oxygen atoms in total. The summed E-state index contributed by atoms with van der Waals surface area (Å²) in [5.41, 5.74) is 3.45. The number of phenols is 3. The van der Waals surface area contributed by atoms with Crippen molar-refractivity contribution in [3.05, 3.63) is 47.0 Å². The Morgan fingerprint density at radius 3 is 2.60 bits per heavy atom.